The zero-order chi connectivity index (χ0) is 14.4. The first-order valence-electron chi connectivity index (χ1n) is 6.40. The summed E-state index contributed by atoms with van der Waals surface area (Å²) in [6.45, 7) is 10.3. The van der Waals surface area contributed by atoms with Gasteiger partial charge in [-0.25, -0.2) is 9.66 Å². The molecule has 0 fully saturated rings. The van der Waals surface area contributed by atoms with Gasteiger partial charge in [-0.1, -0.05) is 20.8 Å². The highest BCUT2D eigenvalue weighted by atomic mass is 15.4. The van der Waals surface area contributed by atoms with Crippen LogP contribution in [0.15, 0.2) is 12.4 Å². The van der Waals surface area contributed by atoms with Gasteiger partial charge in [0.1, 0.15) is 11.5 Å². The van der Waals surface area contributed by atoms with E-state index in [0.717, 1.165) is 11.4 Å². The Morgan fingerprint density at radius 2 is 1.89 bits per heavy atom. The van der Waals surface area contributed by atoms with Crippen LogP contribution in [-0.2, 0) is 5.41 Å². The van der Waals surface area contributed by atoms with Gasteiger partial charge in [0.25, 0.3) is 0 Å². The minimum atomic E-state index is -0.158. The Morgan fingerprint density at radius 3 is 2.32 bits per heavy atom. The summed E-state index contributed by atoms with van der Waals surface area (Å²) in [7, 11) is 0. The lowest BCUT2D eigenvalue weighted by Crippen LogP contribution is -2.24. The van der Waals surface area contributed by atoms with Gasteiger partial charge in [0.05, 0.1) is 6.20 Å². The van der Waals surface area contributed by atoms with Crippen LogP contribution < -0.4 is 11.6 Å². The predicted molar refractivity (Wildman–Crippen MR) is 77.1 cm³/mol. The number of imidazole rings is 1. The molecule has 19 heavy (non-hydrogen) atoms. The van der Waals surface area contributed by atoms with Crippen LogP contribution in [0.1, 0.15) is 46.5 Å². The van der Waals surface area contributed by atoms with E-state index in [4.69, 9.17) is 11.6 Å². The van der Waals surface area contributed by atoms with Gasteiger partial charge in [-0.3, -0.25) is 4.68 Å². The third kappa shape index (κ3) is 2.30. The Balaban J connectivity index is 2.51. The molecule has 4 N–H and O–H groups in total. The summed E-state index contributed by atoms with van der Waals surface area (Å²) >= 11 is 0. The van der Waals surface area contributed by atoms with Crippen LogP contribution in [0.2, 0.25) is 0 Å². The van der Waals surface area contributed by atoms with Crippen molar-refractivity contribution in [3.05, 3.63) is 18.2 Å². The van der Waals surface area contributed by atoms with Crippen molar-refractivity contribution in [1.82, 2.24) is 19.4 Å². The van der Waals surface area contributed by atoms with E-state index in [1.54, 1.807) is 6.20 Å². The van der Waals surface area contributed by atoms with Gasteiger partial charge in [-0.15, -0.1) is 0 Å². The van der Waals surface area contributed by atoms with E-state index >= 15 is 0 Å². The van der Waals surface area contributed by atoms with E-state index < -0.39 is 0 Å². The number of hydrogen-bond acceptors (Lipinski definition) is 4. The number of rotatable bonds is 2. The van der Waals surface area contributed by atoms with Crippen molar-refractivity contribution >= 4 is 5.82 Å². The van der Waals surface area contributed by atoms with Gasteiger partial charge in [0.15, 0.2) is 5.82 Å². The molecule has 0 radical (unpaired) electrons. The summed E-state index contributed by atoms with van der Waals surface area (Å²) in [5.74, 6) is 7.22. The second-order valence-corrected chi connectivity index (χ2v) is 6.09. The van der Waals surface area contributed by atoms with Crippen molar-refractivity contribution in [1.29, 1.82) is 0 Å². The zero-order valence-electron chi connectivity index (χ0n) is 12.2. The maximum atomic E-state index is 6.06. The van der Waals surface area contributed by atoms with Crippen molar-refractivity contribution in [3.63, 3.8) is 0 Å². The van der Waals surface area contributed by atoms with Crippen LogP contribution in [0.25, 0.3) is 11.3 Å². The average Bonchev–Trinajstić information content (AvgIpc) is 2.85. The minimum Gasteiger partial charge on any atom is -0.382 e. The Morgan fingerprint density at radius 1 is 1.26 bits per heavy atom. The molecule has 6 heteroatoms. The van der Waals surface area contributed by atoms with E-state index in [1.807, 2.05) is 10.9 Å². The molecule has 0 aliphatic carbocycles. The van der Waals surface area contributed by atoms with E-state index in [1.165, 1.54) is 4.68 Å². The molecule has 2 rings (SSSR count). The number of hydrogen-bond donors (Lipinski definition) is 2. The highest BCUT2D eigenvalue weighted by Gasteiger charge is 2.25. The number of aromatic nitrogens is 4. The molecule has 0 aliphatic rings. The summed E-state index contributed by atoms with van der Waals surface area (Å²) in [5.41, 5.74) is 7.48. The van der Waals surface area contributed by atoms with E-state index in [-0.39, 0.29) is 5.41 Å². The van der Waals surface area contributed by atoms with Crippen LogP contribution in [0.5, 0.6) is 0 Å². The molecule has 2 heterocycles. The normalized spacial score (nSPS) is 12.3. The average molecular weight is 262 g/mol. The standard InChI is InChI=1S/C13H22N6/c1-8(2)18-7-9(6-16-18)10-11(14)19(15)12(17-10)13(3,4)5/h6-8H,14-15H2,1-5H3. The maximum Gasteiger partial charge on any atom is 0.150 e. The zero-order valence-corrected chi connectivity index (χ0v) is 12.2. The lowest BCUT2D eigenvalue weighted by atomic mass is 9.96. The Hall–Kier alpha value is -1.98. The minimum absolute atomic E-state index is 0.158. The van der Waals surface area contributed by atoms with Crippen molar-refractivity contribution < 1.29 is 0 Å². The molecule has 0 spiro atoms. The van der Waals surface area contributed by atoms with Crippen molar-refractivity contribution in [2.45, 2.75) is 46.1 Å². The van der Waals surface area contributed by atoms with Gasteiger partial charge in [-0.05, 0) is 13.8 Å². The monoisotopic (exact) mass is 262 g/mol. The van der Waals surface area contributed by atoms with Crippen molar-refractivity contribution in [2.24, 2.45) is 0 Å². The molecule has 0 bridgehead atoms. The largest absolute Gasteiger partial charge is 0.382 e. The fourth-order valence-corrected chi connectivity index (χ4v) is 1.93. The van der Waals surface area contributed by atoms with E-state index in [0.29, 0.717) is 17.6 Å². The van der Waals surface area contributed by atoms with Gasteiger partial charge < -0.3 is 11.6 Å². The Labute approximate surface area is 113 Å². The van der Waals surface area contributed by atoms with Gasteiger partial charge >= 0.3 is 0 Å². The number of nitrogens with zero attached hydrogens (tertiary/aromatic N) is 4. The molecule has 0 atom stereocenters. The molecule has 0 aromatic carbocycles. The first-order chi connectivity index (χ1) is 8.71. The molecule has 0 saturated carbocycles. The lowest BCUT2D eigenvalue weighted by Gasteiger charge is -2.17. The highest BCUT2D eigenvalue weighted by molar-refractivity contribution is 5.70. The maximum absolute atomic E-state index is 6.06. The van der Waals surface area contributed by atoms with Gasteiger partial charge in [0.2, 0.25) is 0 Å². The third-order valence-corrected chi connectivity index (χ3v) is 3.02. The molecule has 0 saturated heterocycles. The fraction of sp³-hybridized carbons (Fsp3) is 0.538. The van der Waals surface area contributed by atoms with Crippen molar-refractivity contribution in [3.8, 4) is 11.3 Å². The van der Waals surface area contributed by atoms with E-state index in [9.17, 15) is 0 Å². The van der Waals surface area contributed by atoms with Crippen LogP contribution in [0.4, 0.5) is 5.82 Å². The quantitative estimate of drug-likeness (QED) is 0.809. The van der Waals surface area contributed by atoms with Crippen LogP contribution in [0, 0.1) is 0 Å². The fourth-order valence-electron chi connectivity index (χ4n) is 1.93. The SMILES string of the molecule is CC(C)n1cc(-c2nc(C(C)(C)C)n(N)c2N)cn1. The molecular weight excluding hydrogens is 240 g/mol. The van der Waals surface area contributed by atoms with E-state index in [2.05, 4.69) is 44.7 Å². The van der Waals surface area contributed by atoms with Crippen molar-refractivity contribution in [2.75, 3.05) is 11.6 Å². The Kier molecular flexibility index (Phi) is 3.04. The number of nitrogen functional groups attached to an aromatic ring is 2. The van der Waals surface area contributed by atoms with Crippen LogP contribution in [0.3, 0.4) is 0 Å². The molecule has 0 unspecified atom stereocenters. The van der Waals surface area contributed by atoms with Crippen LogP contribution >= 0.6 is 0 Å². The Bertz CT molecular complexity index is 585. The molecule has 2 aromatic heterocycles. The molecule has 2 aromatic rings. The summed E-state index contributed by atoms with van der Waals surface area (Å²) in [4.78, 5) is 4.58. The topological polar surface area (TPSA) is 87.7 Å². The first kappa shape index (κ1) is 13.5. The lowest BCUT2D eigenvalue weighted by molar-refractivity contribution is 0.531. The summed E-state index contributed by atoms with van der Waals surface area (Å²) in [6.07, 6.45) is 3.71. The highest BCUT2D eigenvalue weighted by Crippen LogP contribution is 2.30. The summed E-state index contributed by atoms with van der Waals surface area (Å²) in [6, 6.07) is 0.303. The predicted octanol–water partition coefficient (Wildman–Crippen LogP) is 1.92. The molecule has 6 nitrogen and oxygen atoms in total. The second kappa shape index (κ2) is 4.29. The van der Waals surface area contributed by atoms with Gasteiger partial charge in [-0.2, -0.15) is 5.10 Å². The molecular formula is C13H22N6. The number of anilines is 1. The smallest absolute Gasteiger partial charge is 0.150 e. The molecule has 104 valence electrons. The second-order valence-electron chi connectivity index (χ2n) is 6.09. The third-order valence-electron chi connectivity index (χ3n) is 3.02. The molecule has 0 aliphatic heterocycles. The molecule has 0 amide bonds. The van der Waals surface area contributed by atoms with Gasteiger partial charge in [0, 0.05) is 23.2 Å². The van der Waals surface area contributed by atoms with Crippen LogP contribution in [-0.4, -0.2) is 19.4 Å². The number of nitrogens with two attached hydrogens (primary N) is 2. The first-order valence-corrected chi connectivity index (χ1v) is 6.40. The summed E-state index contributed by atoms with van der Waals surface area (Å²) < 4.78 is 3.34. The summed E-state index contributed by atoms with van der Waals surface area (Å²) in [5, 5.41) is 4.31.